The fraction of sp³-hybridized carbons (Fsp3) is 0.953. The number of ether oxygens (including phenoxy) is 4. The van der Waals surface area contributed by atoms with Crippen molar-refractivity contribution in [1.29, 1.82) is 0 Å². The molecule has 2 unspecified atom stereocenters. The molecule has 0 aromatic carbocycles. The Morgan fingerprint density at radius 2 is 0.381 bits per heavy atom. The summed E-state index contributed by atoms with van der Waals surface area (Å²) < 4.78 is 68.6. The minimum atomic E-state index is -4.96. The molecule has 0 rings (SSSR count). The summed E-state index contributed by atoms with van der Waals surface area (Å²) in [6, 6.07) is 0. The third-order valence-corrected chi connectivity index (χ3v) is 22.3. The molecule has 0 aromatic rings. The van der Waals surface area contributed by atoms with Crippen LogP contribution in [0.2, 0.25) is 0 Å². The number of rotatable bonds is 87. The van der Waals surface area contributed by atoms with Crippen molar-refractivity contribution in [2.75, 3.05) is 39.6 Å². The average molecular weight is 1540 g/mol. The summed E-state index contributed by atoms with van der Waals surface area (Å²) in [5, 5.41) is 10.6. The largest absolute Gasteiger partial charge is 0.472 e. The zero-order valence-corrected chi connectivity index (χ0v) is 70.5. The van der Waals surface area contributed by atoms with E-state index in [1.807, 2.05) is 0 Å². The van der Waals surface area contributed by atoms with E-state index in [1.54, 1.807) is 0 Å². The highest BCUT2D eigenvalue weighted by atomic mass is 31.2. The number of phosphoric ester groups is 2. The summed E-state index contributed by atoms with van der Waals surface area (Å²) in [5.74, 6) is -2.11. The van der Waals surface area contributed by atoms with Crippen LogP contribution in [-0.2, 0) is 65.4 Å². The van der Waals surface area contributed by atoms with Gasteiger partial charge >= 0.3 is 39.5 Å². The number of aliphatic hydroxyl groups excluding tert-OH is 1. The molecular formula is C86H168O17P2. The lowest BCUT2D eigenvalue weighted by molar-refractivity contribution is -0.161. The smallest absolute Gasteiger partial charge is 0.462 e. The molecule has 0 radical (unpaired) electrons. The van der Waals surface area contributed by atoms with Gasteiger partial charge in [0, 0.05) is 25.7 Å². The number of hydrogen-bond donors (Lipinski definition) is 3. The third-order valence-electron chi connectivity index (χ3n) is 20.4. The molecule has 0 aliphatic heterocycles. The Bertz CT molecular complexity index is 1980. The topological polar surface area (TPSA) is 237 Å². The monoisotopic (exact) mass is 1540 g/mol. The van der Waals surface area contributed by atoms with Crippen LogP contribution in [0.3, 0.4) is 0 Å². The molecule has 0 spiro atoms. The summed E-state index contributed by atoms with van der Waals surface area (Å²) in [7, 11) is -9.91. The number of hydrogen-bond acceptors (Lipinski definition) is 15. The van der Waals surface area contributed by atoms with Gasteiger partial charge in [-0.2, -0.15) is 0 Å². The molecule has 624 valence electrons. The van der Waals surface area contributed by atoms with Crippen molar-refractivity contribution in [2.24, 2.45) is 0 Å². The van der Waals surface area contributed by atoms with E-state index in [9.17, 15) is 43.2 Å². The summed E-state index contributed by atoms with van der Waals surface area (Å²) >= 11 is 0. The van der Waals surface area contributed by atoms with Gasteiger partial charge in [0.2, 0.25) is 0 Å². The van der Waals surface area contributed by atoms with Crippen LogP contribution in [0.1, 0.15) is 471 Å². The lowest BCUT2D eigenvalue weighted by Crippen LogP contribution is -2.30. The number of phosphoric acid groups is 2. The van der Waals surface area contributed by atoms with Crippen LogP contribution in [0.15, 0.2) is 0 Å². The predicted molar refractivity (Wildman–Crippen MR) is 432 cm³/mol. The van der Waals surface area contributed by atoms with Gasteiger partial charge in [-0.25, -0.2) is 9.13 Å². The van der Waals surface area contributed by atoms with Gasteiger partial charge in [-0.15, -0.1) is 0 Å². The molecule has 105 heavy (non-hydrogen) atoms. The number of carbonyl (C=O) groups excluding carboxylic acids is 4. The molecule has 5 atom stereocenters. The van der Waals surface area contributed by atoms with E-state index in [0.717, 1.165) is 96.3 Å². The lowest BCUT2D eigenvalue weighted by atomic mass is 10.0. The molecule has 0 saturated carbocycles. The summed E-state index contributed by atoms with van der Waals surface area (Å²) in [6.45, 7) is 4.96. The second-order valence-electron chi connectivity index (χ2n) is 30.9. The van der Waals surface area contributed by atoms with Crippen molar-refractivity contribution in [1.82, 2.24) is 0 Å². The minimum Gasteiger partial charge on any atom is -0.462 e. The van der Waals surface area contributed by atoms with Crippen molar-refractivity contribution in [2.45, 2.75) is 489 Å². The van der Waals surface area contributed by atoms with Gasteiger partial charge in [0.25, 0.3) is 0 Å². The Morgan fingerprint density at radius 3 is 0.562 bits per heavy atom. The minimum absolute atomic E-state index is 0.108. The Labute approximate surface area is 645 Å². The van der Waals surface area contributed by atoms with Crippen LogP contribution < -0.4 is 0 Å². The van der Waals surface area contributed by atoms with Gasteiger partial charge in [-0.1, -0.05) is 419 Å². The fourth-order valence-electron chi connectivity index (χ4n) is 13.5. The maximum atomic E-state index is 13.1. The lowest BCUT2D eigenvalue weighted by Gasteiger charge is -2.21. The van der Waals surface area contributed by atoms with E-state index in [0.29, 0.717) is 25.7 Å². The molecule has 0 aliphatic carbocycles. The zero-order valence-electron chi connectivity index (χ0n) is 68.7. The molecule has 0 saturated heterocycles. The molecule has 0 aliphatic rings. The first-order chi connectivity index (χ1) is 51.2. The quantitative estimate of drug-likeness (QED) is 0.0222. The van der Waals surface area contributed by atoms with E-state index in [1.165, 1.54) is 295 Å². The van der Waals surface area contributed by atoms with Gasteiger partial charge in [0.05, 0.1) is 26.4 Å². The normalized spacial score (nSPS) is 13.7. The molecule has 17 nitrogen and oxygen atoms in total. The van der Waals surface area contributed by atoms with Crippen LogP contribution >= 0.6 is 15.6 Å². The third kappa shape index (κ3) is 79.9. The van der Waals surface area contributed by atoms with Crippen LogP contribution in [0, 0.1) is 0 Å². The average Bonchev–Trinajstić information content (AvgIpc) is 0.908. The van der Waals surface area contributed by atoms with Crippen molar-refractivity contribution in [3.05, 3.63) is 0 Å². The molecular weight excluding hydrogens is 1370 g/mol. The van der Waals surface area contributed by atoms with E-state index in [-0.39, 0.29) is 25.7 Å². The van der Waals surface area contributed by atoms with Crippen molar-refractivity contribution in [3.8, 4) is 0 Å². The highest BCUT2D eigenvalue weighted by molar-refractivity contribution is 7.47. The van der Waals surface area contributed by atoms with Crippen molar-refractivity contribution >= 4 is 39.5 Å². The van der Waals surface area contributed by atoms with Gasteiger partial charge in [0.1, 0.15) is 19.3 Å². The molecule has 0 bridgehead atoms. The number of esters is 4. The van der Waals surface area contributed by atoms with E-state index in [2.05, 4.69) is 27.7 Å². The van der Waals surface area contributed by atoms with Crippen molar-refractivity contribution in [3.63, 3.8) is 0 Å². The highest BCUT2D eigenvalue weighted by Crippen LogP contribution is 2.45. The SMILES string of the molecule is CCCCCCCCCCCCCCCCCCCCCCCCC(=O)O[C@H](COC(=O)CCCCCCCCCCCCCCCCCCCCCC)COP(=O)(O)OC[C@@H](O)COP(=O)(O)OC[C@@H](COC(=O)CCCCCCC)OC(=O)CCCCCCCCCCCCCCCCCCCC. The Balaban J connectivity index is 5.09. The fourth-order valence-corrected chi connectivity index (χ4v) is 15.1. The summed E-state index contributed by atoms with van der Waals surface area (Å²) in [5.41, 5.74) is 0. The molecule has 19 heteroatoms. The van der Waals surface area contributed by atoms with Gasteiger partial charge in [-0.3, -0.25) is 37.3 Å². The molecule has 0 fully saturated rings. The van der Waals surface area contributed by atoms with E-state index >= 15 is 0 Å². The zero-order chi connectivity index (χ0) is 76.7. The maximum absolute atomic E-state index is 13.1. The van der Waals surface area contributed by atoms with Crippen LogP contribution in [0.4, 0.5) is 0 Å². The molecule has 0 heterocycles. The maximum Gasteiger partial charge on any atom is 0.472 e. The second kappa shape index (κ2) is 80.1. The summed E-state index contributed by atoms with van der Waals surface area (Å²) in [4.78, 5) is 72.9. The highest BCUT2D eigenvalue weighted by Gasteiger charge is 2.30. The van der Waals surface area contributed by atoms with Gasteiger partial charge in [0.15, 0.2) is 12.2 Å². The Hall–Kier alpha value is -1.94. The second-order valence-corrected chi connectivity index (χ2v) is 33.8. The standard InChI is InChI=1S/C86H168O17P2/c1-5-9-13-17-20-23-26-29-32-35-38-40-41-43-46-49-52-55-58-61-65-69-73-86(91)103-82(77-97-84(89)71-67-63-59-56-53-50-47-45-42-39-36-33-30-27-24-21-18-14-10-6-2)79-101-105(94,95)99-75-80(87)74-98-104(92,93)100-78-81(76-96-83(88)70-66-62-16-12-8-4)102-85(90)72-68-64-60-57-54-51-48-44-37-34-31-28-25-22-19-15-11-7-3/h80-82,87H,5-79H2,1-4H3,(H,92,93)(H,94,95)/t80-,81+,82+/m0/s1. The number of aliphatic hydroxyl groups is 1. The first-order valence-corrected chi connectivity index (χ1v) is 47.8. The van der Waals surface area contributed by atoms with Gasteiger partial charge < -0.3 is 33.8 Å². The number of carbonyl (C=O) groups is 4. The van der Waals surface area contributed by atoms with Crippen LogP contribution in [-0.4, -0.2) is 96.7 Å². The van der Waals surface area contributed by atoms with E-state index in [4.69, 9.17) is 37.0 Å². The van der Waals surface area contributed by atoms with E-state index < -0.39 is 97.5 Å². The summed E-state index contributed by atoms with van der Waals surface area (Å²) in [6.07, 6.45) is 75.7. The van der Waals surface area contributed by atoms with Gasteiger partial charge in [-0.05, 0) is 25.7 Å². The molecule has 3 N–H and O–H groups in total. The number of unbranched alkanes of at least 4 members (excludes halogenated alkanes) is 61. The van der Waals surface area contributed by atoms with Crippen molar-refractivity contribution < 1.29 is 80.2 Å². The van der Waals surface area contributed by atoms with Crippen LogP contribution in [0.25, 0.3) is 0 Å². The van der Waals surface area contributed by atoms with Crippen LogP contribution in [0.5, 0.6) is 0 Å². The molecule has 0 amide bonds. The predicted octanol–water partition coefficient (Wildman–Crippen LogP) is 26.5. The Morgan fingerprint density at radius 1 is 0.229 bits per heavy atom. The Kier molecular flexibility index (Phi) is 78.6. The first kappa shape index (κ1) is 103. The molecule has 0 aromatic heterocycles. The first-order valence-electron chi connectivity index (χ1n) is 44.8.